The zero-order valence-corrected chi connectivity index (χ0v) is 13.3. The van der Waals surface area contributed by atoms with E-state index >= 15 is 0 Å². The van der Waals surface area contributed by atoms with Gasteiger partial charge in [-0.15, -0.1) is 0 Å². The van der Waals surface area contributed by atoms with Gasteiger partial charge in [0.1, 0.15) is 6.07 Å². The van der Waals surface area contributed by atoms with Gasteiger partial charge in [0, 0.05) is 6.54 Å². The number of quaternary nitrogens is 1. The molecule has 1 unspecified atom stereocenters. The van der Waals surface area contributed by atoms with Crippen molar-refractivity contribution >= 4 is 17.5 Å². The predicted molar refractivity (Wildman–Crippen MR) is 84.3 cm³/mol. The van der Waals surface area contributed by atoms with Crippen LogP contribution in [0.25, 0.3) is 0 Å². The molecule has 0 aromatic heterocycles. The first-order chi connectivity index (χ1) is 10.5. The molecule has 0 aliphatic heterocycles. The van der Waals surface area contributed by atoms with Crippen LogP contribution in [0.15, 0.2) is 24.3 Å². The molecule has 0 saturated heterocycles. The molecule has 0 bridgehead atoms. The number of carbonyl (C=O) groups excluding carboxylic acids is 2. The van der Waals surface area contributed by atoms with Crippen LogP contribution < -0.4 is 15.5 Å². The number of benzene rings is 1. The Kier molecular flexibility index (Phi) is 7.06. The molecule has 1 aromatic rings. The maximum atomic E-state index is 12.2. The molecule has 0 fully saturated rings. The summed E-state index contributed by atoms with van der Waals surface area (Å²) in [6, 6.07) is 8.47. The molecule has 0 heterocycles. The molecule has 0 aliphatic rings. The molecule has 1 aromatic carbocycles. The Hall–Kier alpha value is -2.39. The average molecular weight is 303 g/mol. The van der Waals surface area contributed by atoms with Crippen molar-refractivity contribution in [3.8, 4) is 6.07 Å². The highest BCUT2D eigenvalue weighted by atomic mass is 16.2. The second kappa shape index (κ2) is 8.80. The normalized spacial score (nSPS) is 12.8. The molecule has 1 rings (SSSR count). The summed E-state index contributed by atoms with van der Waals surface area (Å²) in [7, 11) is 1.80. The van der Waals surface area contributed by atoms with Crippen LogP contribution in [0, 0.1) is 11.3 Å². The maximum Gasteiger partial charge on any atom is 0.282 e. The zero-order valence-electron chi connectivity index (χ0n) is 13.3. The summed E-state index contributed by atoms with van der Waals surface area (Å²) < 4.78 is 0. The summed E-state index contributed by atoms with van der Waals surface area (Å²) in [5, 5.41) is 14.6. The molecule has 3 N–H and O–H groups in total. The van der Waals surface area contributed by atoms with E-state index in [1.807, 2.05) is 13.0 Å². The molecule has 22 heavy (non-hydrogen) atoms. The fourth-order valence-electron chi connectivity index (χ4n) is 1.89. The Labute approximate surface area is 131 Å². The smallest absolute Gasteiger partial charge is 0.282 e. The van der Waals surface area contributed by atoms with Crippen molar-refractivity contribution in [3.05, 3.63) is 29.8 Å². The maximum absolute atomic E-state index is 12.2. The van der Waals surface area contributed by atoms with E-state index in [9.17, 15) is 9.59 Å². The SMILES string of the molecule is CCCNC(=O)C[NH+](C)[C@H](C)C(=O)Nc1ccccc1C#N. The number of nitrogens with zero attached hydrogens (tertiary/aromatic N) is 1. The third-order valence-electron chi connectivity index (χ3n) is 3.45. The van der Waals surface area contributed by atoms with Crippen LogP contribution in [0.2, 0.25) is 0 Å². The lowest BCUT2D eigenvalue weighted by atomic mass is 10.2. The van der Waals surface area contributed by atoms with E-state index in [0.717, 1.165) is 11.3 Å². The minimum Gasteiger partial charge on any atom is -0.351 e. The number of carbonyl (C=O) groups is 2. The molecule has 0 saturated carbocycles. The number of nitrogens with one attached hydrogen (secondary N) is 3. The van der Waals surface area contributed by atoms with E-state index in [2.05, 4.69) is 10.6 Å². The molecule has 2 amide bonds. The first-order valence-electron chi connectivity index (χ1n) is 7.38. The van der Waals surface area contributed by atoms with Crippen LogP contribution in [0.3, 0.4) is 0 Å². The quantitative estimate of drug-likeness (QED) is 0.659. The van der Waals surface area contributed by atoms with Gasteiger partial charge >= 0.3 is 0 Å². The van der Waals surface area contributed by atoms with Crippen LogP contribution in [0.1, 0.15) is 25.8 Å². The van der Waals surface area contributed by atoms with E-state index in [0.29, 0.717) is 17.8 Å². The van der Waals surface area contributed by atoms with Crippen molar-refractivity contribution in [2.45, 2.75) is 26.3 Å². The third-order valence-corrected chi connectivity index (χ3v) is 3.45. The molecule has 0 radical (unpaired) electrons. The fourth-order valence-corrected chi connectivity index (χ4v) is 1.89. The summed E-state index contributed by atoms with van der Waals surface area (Å²) in [5.74, 6) is -0.292. The number of rotatable bonds is 7. The topological polar surface area (TPSA) is 86.4 Å². The van der Waals surface area contributed by atoms with E-state index in [4.69, 9.17) is 5.26 Å². The van der Waals surface area contributed by atoms with Crippen LogP contribution >= 0.6 is 0 Å². The number of nitriles is 1. The van der Waals surface area contributed by atoms with Gasteiger partial charge in [-0.1, -0.05) is 19.1 Å². The summed E-state index contributed by atoms with van der Waals surface area (Å²) in [5.41, 5.74) is 0.909. The molecule has 6 heteroatoms. The van der Waals surface area contributed by atoms with E-state index in [-0.39, 0.29) is 18.4 Å². The molecular weight excluding hydrogens is 280 g/mol. The Morgan fingerprint density at radius 2 is 2.05 bits per heavy atom. The predicted octanol–water partition coefficient (Wildman–Crippen LogP) is -0.0738. The largest absolute Gasteiger partial charge is 0.351 e. The summed E-state index contributed by atoms with van der Waals surface area (Å²) in [6.07, 6.45) is 0.881. The summed E-state index contributed by atoms with van der Waals surface area (Å²) >= 11 is 0. The summed E-state index contributed by atoms with van der Waals surface area (Å²) in [4.78, 5) is 24.7. The van der Waals surface area contributed by atoms with Gasteiger partial charge in [0.15, 0.2) is 12.6 Å². The molecule has 0 spiro atoms. The Morgan fingerprint density at radius 3 is 2.68 bits per heavy atom. The van der Waals surface area contributed by atoms with Crippen molar-refractivity contribution in [3.63, 3.8) is 0 Å². The van der Waals surface area contributed by atoms with Crippen LogP contribution in [-0.2, 0) is 9.59 Å². The summed E-state index contributed by atoms with van der Waals surface area (Å²) in [6.45, 7) is 4.61. The first-order valence-corrected chi connectivity index (χ1v) is 7.38. The van der Waals surface area contributed by atoms with E-state index in [1.54, 1.807) is 38.2 Å². The van der Waals surface area contributed by atoms with Gasteiger partial charge in [0.25, 0.3) is 11.8 Å². The molecule has 6 nitrogen and oxygen atoms in total. The van der Waals surface area contributed by atoms with Crippen molar-refractivity contribution in [2.24, 2.45) is 0 Å². The van der Waals surface area contributed by atoms with Crippen LogP contribution in [0.4, 0.5) is 5.69 Å². The lowest BCUT2D eigenvalue weighted by molar-refractivity contribution is -0.885. The van der Waals surface area contributed by atoms with Gasteiger partial charge in [-0.25, -0.2) is 0 Å². The monoisotopic (exact) mass is 303 g/mol. The standard InChI is InChI=1S/C16H22N4O2/c1-4-9-18-15(21)11-20(3)12(2)16(22)19-14-8-6-5-7-13(14)10-17/h5-8,12H,4,9,11H2,1-3H3,(H,18,21)(H,19,22)/p+1/t12-/m1/s1. The fraction of sp³-hybridized carbons (Fsp3) is 0.438. The third kappa shape index (κ3) is 5.19. The molecule has 0 aliphatic carbocycles. The van der Waals surface area contributed by atoms with Gasteiger partial charge < -0.3 is 15.5 Å². The zero-order chi connectivity index (χ0) is 16.5. The van der Waals surface area contributed by atoms with E-state index < -0.39 is 6.04 Å². The van der Waals surface area contributed by atoms with Crippen LogP contribution in [0.5, 0.6) is 0 Å². The average Bonchev–Trinajstić information content (AvgIpc) is 2.52. The second-order valence-corrected chi connectivity index (χ2v) is 5.24. The highest BCUT2D eigenvalue weighted by Crippen LogP contribution is 2.13. The van der Waals surface area contributed by atoms with Gasteiger partial charge in [-0.3, -0.25) is 9.59 Å². The number of hydrogen-bond donors (Lipinski definition) is 3. The minimum absolute atomic E-state index is 0.0728. The van der Waals surface area contributed by atoms with Gasteiger partial charge in [0.05, 0.1) is 18.3 Å². The number of para-hydroxylation sites is 1. The highest BCUT2D eigenvalue weighted by molar-refractivity contribution is 5.94. The van der Waals surface area contributed by atoms with Crippen molar-refractivity contribution in [1.29, 1.82) is 5.26 Å². The number of anilines is 1. The second-order valence-electron chi connectivity index (χ2n) is 5.24. The van der Waals surface area contributed by atoms with Crippen molar-refractivity contribution in [2.75, 3.05) is 25.5 Å². The van der Waals surface area contributed by atoms with Gasteiger partial charge in [0.2, 0.25) is 0 Å². The number of amides is 2. The van der Waals surface area contributed by atoms with Gasteiger partial charge in [-0.2, -0.15) is 5.26 Å². The van der Waals surface area contributed by atoms with Gasteiger partial charge in [-0.05, 0) is 25.5 Å². The Balaban J connectivity index is 2.61. The first kappa shape index (κ1) is 17.7. The molecule has 2 atom stereocenters. The number of likely N-dealkylation sites (N-methyl/N-ethyl adjacent to an activating group) is 1. The lowest BCUT2D eigenvalue weighted by Crippen LogP contribution is -3.15. The van der Waals surface area contributed by atoms with Crippen molar-refractivity contribution < 1.29 is 14.5 Å². The molecule has 118 valence electrons. The Morgan fingerprint density at radius 1 is 1.36 bits per heavy atom. The number of hydrogen-bond acceptors (Lipinski definition) is 3. The minimum atomic E-state index is -0.404. The Bertz CT molecular complexity index is 566. The lowest BCUT2D eigenvalue weighted by Gasteiger charge is -2.20. The van der Waals surface area contributed by atoms with Crippen LogP contribution in [-0.4, -0.2) is 38.0 Å². The van der Waals surface area contributed by atoms with Crippen molar-refractivity contribution in [1.82, 2.24) is 5.32 Å². The highest BCUT2D eigenvalue weighted by Gasteiger charge is 2.24. The molecular formula is C16H23N4O2+. The van der Waals surface area contributed by atoms with E-state index in [1.165, 1.54) is 0 Å².